The summed E-state index contributed by atoms with van der Waals surface area (Å²) in [6, 6.07) is 12.5. The number of hydrogen-bond acceptors (Lipinski definition) is 9. The molecular weight excluding hydrogens is 498 g/mol. The van der Waals surface area contributed by atoms with Crippen LogP contribution in [-0.2, 0) is 24.8 Å². The molecule has 0 radical (unpaired) electrons. The maximum absolute atomic E-state index is 12.8. The molecule has 0 atom stereocenters. The maximum Gasteiger partial charge on any atom is 0.226 e. The Morgan fingerprint density at radius 2 is 1.86 bits per heavy atom. The number of methoxy groups -OCH3 is 3. The normalized spacial score (nSPS) is 10.6. The first-order valence-corrected chi connectivity index (χ1v) is 11.6. The maximum atomic E-state index is 12.8. The highest BCUT2D eigenvalue weighted by Crippen LogP contribution is 2.37. The SMILES string of the molecule is COc1ccc(CNC(=O)Cc2nnc(Cl)cc2Nc2cccc(-c3ncn(C)n3)c2OC)c(OC)c1. The standard InChI is InChI=1S/C25H26ClN7O4/c1-33-14-28-25(32-33)17-6-5-7-18(24(17)37-4)29-19-11-22(26)31-30-20(19)12-23(34)27-13-15-8-9-16(35-2)10-21(15)36-3/h5-11,14H,12-13H2,1-4H3,(H,27,34)(H,29,31). The van der Waals surface area contributed by atoms with Crippen molar-refractivity contribution in [1.82, 2.24) is 30.3 Å². The summed E-state index contributed by atoms with van der Waals surface area (Å²) in [4.78, 5) is 17.1. The number of aromatic nitrogens is 5. The van der Waals surface area contributed by atoms with Crippen molar-refractivity contribution < 1.29 is 19.0 Å². The van der Waals surface area contributed by atoms with E-state index in [2.05, 4.69) is 30.9 Å². The van der Waals surface area contributed by atoms with Crippen LogP contribution in [-0.4, -0.2) is 52.2 Å². The highest BCUT2D eigenvalue weighted by atomic mass is 35.5. The summed E-state index contributed by atoms with van der Waals surface area (Å²) in [6.45, 7) is 0.267. The second-order valence-electron chi connectivity index (χ2n) is 7.91. The van der Waals surface area contributed by atoms with Crippen LogP contribution >= 0.6 is 11.6 Å². The van der Waals surface area contributed by atoms with Crippen LogP contribution in [0.3, 0.4) is 0 Å². The fraction of sp³-hybridized carbons (Fsp3) is 0.240. The van der Waals surface area contributed by atoms with E-state index in [0.717, 1.165) is 5.56 Å². The van der Waals surface area contributed by atoms with Crippen LogP contribution < -0.4 is 24.8 Å². The van der Waals surface area contributed by atoms with Crippen molar-refractivity contribution in [2.24, 2.45) is 7.05 Å². The van der Waals surface area contributed by atoms with E-state index in [4.69, 9.17) is 25.8 Å². The Hall–Kier alpha value is -4.38. The molecule has 0 aliphatic rings. The summed E-state index contributed by atoms with van der Waals surface area (Å²) in [5, 5.41) is 18.8. The van der Waals surface area contributed by atoms with Crippen LogP contribution in [0.15, 0.2) is 48.8 Å². The Morgan fingerprint density at radius 3 is 2.57 bits per heavy atom. The topological polar surface area (TPSA) is 125 Å². The van der Waals surface area contributed by atoms with Crippen molar-refractivity contribution in [3.05, 3.63) is 65.2 Å². The van der Waals surface area contributed by atoms with Crippen molar-refractivity contribution in [2.45, 2.75) is 13.0 Å². The summed E-state index contributed by atoms with van der Waals surface area (Å²) in [5.41, 5.74) is 3.06. The van der Waals surface area contributed by atoms with Crippen LogP contribution in [0, 0.1) is 0 Å². The molecule has 0 unspecified atom stereocenters. The first-order chi connectivity index (χ1) is 17.9. The second kappa shape index (κ2) is 11.6. The Kier molecular flexibility index (Phi) is 8.04. The average molecular weight is 524 g/mol. The van der Waals surface area contributed by atoms with Gasteiger partial charge < -0.3 is 24.8 Å². The second-order valence-corrected chi connectivity index (χ2v) is 8.30. The van der Waals surface area contributed by atoms with Crippen molar-refractivity contribution >= 4 is 28.9 Å². The number of aryl methyl sites for hydroxylation is 1. The fourth-order valence-electron chi connectivity index (χ4n) is 3.68. The summed E-state index contributed by atoms with van der Waals surface area (Å²) in [6.07, 6.45) is 1.58. The largest absolute Gasteiger partial charge is 0.497 e. The third kappa shape index (κ3) is 6.07. The van der Waals surface area contributed by atoms with Crippen LogP contribution in [0.2, 0.25) is 5.15 Å². The van der Waals surface area contributed by atoms with E-state index < -0.39 is 0 Å². The Bertz CT molecular complexity index is 1410. The number of carbonyl (C=O) groups excluding carboxylic acids is 1. The minimum atomic E-state index is -0.254. The number of para-hydroxylation sites is 1. The molecule has 192 valence electrons. The molecule has 0 fully saturated rings. The number of carbonyl (C=O) groups is 1. The highest BCUT2D eigenvalue weighted by molar-refractivity contribution is 6.29. The molecule has 0 saturated heterocycles. The predicted octanol–water partition coefficient (Wildman–Crippen LogP) is 3.55. The molecule has 0 aliphatic heterocycles. The zero-order chi connectivity index (χ0) is 26.4. The van der Waals surface area contributed by atoms with Gasteiger partial charge in [0, 0.05) is 31.3 Å². The van der Waals surface area contributed by atoms with Crippen molar-refractivity contribution in [2.75, 3.05) is 26.6 Å². The Labute approximate surface area is 218 Å². The number of rotatable bonds is 10. The number of hydrogen-bond donors (Lipinski definition) is 2. The van der Waals surface area contributed by atoms with Gasteiger partial charge in [-0.2, -0.15) is 10.2 Å². The minimum absolute atomic E-state index is 0.0330. The lowest BCUT2D eigenvalue weighted by atomic mass is 10.1. The molecule has 37 heavy (non-hydrogen) atoms. The van der Waals surface area contributed by atoms with Gasteiger partial charge in [0.1, 0.15) is 17.8 Å². The smallest absolute Gasteiger partial charge is 0.226 e. The number of halogens is 1. The minimum Gasteiger partial charge on any atom is -0.497 e. The molecular formula is C25H26ClN7O4. The number of amides is 1. The van der Waals surface area contributed by atoms with Crippen molar-refractivity contribution in [3.63, 3.8) is 0 Å². The van der Waals surface area contributed by atoms with Crippen molar-refractivity contribution in [3.8, 4) is 28.6 Å². The first kappa shape index (κ1) is 25.7. The van der Waals surface area contributed by atoms with E-state index in [1.807, 2.05) is 24.3 Å². The molecule has 12 heteroatoms. The Morgan fingerprint density at radius 1 is 1.03 bits per heavy atom. The van der Waals surface area contributed by atoms with Crippen LogP contribution in [0.5, 0.6) is 17.2 Å². The molecule has 11 nitrogen and oxygen atoms in total. The third-order valence-corrected chi connectivity index (χ3v) is 5.65. The molecule has 2 heterocycles. The summed E-state index contributed by atoms with van der Waals surface area (Å²) >= 11 is 6.13. The molecule has 4 rings (SSSR count). The van der Waals surface area contributed by atoms with E-state index in [-0.39, 0.29) is 24.0 Å². The van der Waals surface area contributed by atoms with Crippen LogP contribution in [0.4, 0.5) is 11.4 Å². The van der Waals surface area contributed by atoms with E-state index in [1.165, 1.54) is 0 Å². The number of nitrogens with one attached hydrogen (secondary N) is 2. The van der Waals surface area contributed by atoms with Crippen LogP contribution in [0.1, 0.15) is 11.3 Å². The number of ether oxygens (including phenoxy) is 3. The van der Waals surface area contributed by atoms with Crippen molar-refractivity contribution in [1.29, 1.82) is 0 Å². The third-order valence-electron chi connectivity index (χ3n) is 5.47. The summed E-state index contributed by atoms with van der Waals surface area (Å²) in [5.74, 6) is 2.07. The van der Waals surface area contributed by atoms with Gasteiger partial charge in [-0.05, 0) is 24.3 Å². The molecule has 0 bridgehead atoms. The quantitative estimate of drug-likeness (QED) is 0.321. The van der Waals surface area contributed by atoms with Gasteiger partial charge in [-0.15, -0.1) is 5.10 Å². The lowest BCUT2D eigenvalue weighted by molar-refractivity contribution is -0.120. The molecule has 2 aromatic carbocycles. The van der Waals surface area contributed by atoms with Gasteiger partial charge in [0.05, 0.1) is 50.4 Å². The average Bonchev–Trinajstić information content (AvgIpc) is 3.34. The lowest BCUT2D eigenvalue weighted by Crippen LogP contribution is -2.25. The lowest BCUT2D eigenvalue weighted by Gasteiger charge is -2.16. The van der Waals surface area contributed by atoms with E-state index in [1.54, 1.807) is 57.6 Å². The van der Waals surface area contributed by atoms with Gasteiger partial charge in [-0.25, -0.2) is 4.98 Å². The van der Waals surface area contributed by atoms with Crippen LogP contribution in [0.25, 0.3) is 11.4 Å². The number of anilines is 2. The molecule has 2 N–H and O–H groups in total. The molecule has 0 saturated carbocycles. The first-order valence-electron chi connectivity index (χ1n) is 11.2. The summed E-state index contributed by atoms with van der Waals surface area (Å²) < 4.78 is 17.9. The Balaban J connectivity index is 1.53. The summed E-state index contributed by atoms with van der Waals surface area (Å²) in [7, 11) is 6.50. The van der Waals surface area contributed by atoms with E-state index in [9.17, 15) is 4.79 Å². The molecule has 0 spiro atoms. The van der Waals surface area contributed by atoms with Gasteiger partial charge in [0.15, 0.2) is 16.7 Å². The molecule has 0 aliphatic carbocycles. The highest BCUT2D eigenvalue weighted by Gasteiger charge is 2.18. The van der Waals surface area contributed by atoms with Gasteiger partial charge in [-0.3, -0.25) is 9.48 Å². The van der Waals surface area contributed by atoms with Gasteiger partial charge in [0.25, 0.3) is 0 Å². The fourth-order valence-corrected chi connectivity index (χ4v) is 3.82. The molecule has 2 aromatic heterocycles. The predicted molar refractivity (Wildman–Crippen MR) is 138 cm³/mol. The molecule has 4 aromatic rings. The van der Waals surface area contributed by atoms with Gasteiger partial charge in [0.2, 0.25) is 5.91 Å². The number of benzene rings is 2. The van der Waals surface area contributed by atoms with Gasteiger partial charge >= 0.3 is 0 Å². The zero-order valence-electron chi connectivity index (χ0n) is 20.8. The van der Waals surface area contributed by atoms with Gasteiger partial charge in [-0.1, -0.05) is 17.7 Å². The monoisotopic (exact) mass is 523 g/mol. The van der Waals surface area contributed by atoms with E-state index >= 15 is 0 Å². The number of nitrogens with zero attached hydrogens (tertiary/aromatic N) is 5. The molecule has 1 amide bonds. The zero-order valence-corrected chi connectivity index (χ0v) is 21.5. The van der Waals surface area contributed by atoms with E-state index in [0.29, 0.717) is 45.7 Å².